The van der Waals surface area contributed by atoms with E-state index in [0.29, 0.717) is 0 Å². The molecule has 0 saturated carbocycles. The lowest BCUT2D eigenvalue weighted by Gasteiger charge is -2.27. The third-order valence-electron chi connectivity index (χ3n) is 6.03. The molecule has 0 heterocycles. The molecule has 0 aromatic heterocycles. The fourth-order valence-electron chi connectivity index (χ4n) is 4.22. The molecule has 0 aliphatic rings. The Balaban J connectivity index is 1.70. The smallest absolute Gasteiger partial charge is 0.0761 e. The monoisotopic (exact) mass is 489 g/mol. The molecule has 0 bridgehead atoms. The molecule has 0 atom stereocenters. The van der Waals surface area contributed by atoms with Crippen LogP contribution in [0.25, 0.3) is 0 Å². The predicted molar refractivity (Wildman–Crippen MR) is 154 cm³/mol. The van der Waals surface area contributed by atoms with Crippen molar-refractivity contribution in [3.8, 4) is 0 Å². The molecule has 5 aromatic rings. The van der Waals surface area contributed by atoms with E-state index in [2.05, 4.69) is 146 Å². The highest BCUT2D eigenvalue weighted by molar-refractivity contribution is 7.98. The minimum absolute atomic E-state index is 0.917. The number of benzene rings is 5. The van der Waals surface area contributed by atoms with Gasteiger partial charge in [0, 0.05) is 26.6 Å². The van der Waals surface area contributed by atoms with Gasteiger partial charge in [0.2, 0.25) is 0 Å². The van der Waals surface area contributed by atoms with E-state index >= 15 is 0 Å². The molecule has 0 unspecified atom stereocenters. The van der Waals surface area contributed by atoms with E-state index in [-0.39, 0.29) is 0 Å². The number of aryl methyl sites for hydroxylation is 1. The summed E-state index contributed by atoms with van der Waals surface area (Å²) in [6.07, 6.45) is 0. The maximum atomic E-state index is 5.72. The molecule has 0 aliphatic heterocycles. The third kappa shape index (κ3) is 5.20. The van der Waals surface area contributed by atoms with Crippen molar-refractivity contribution >= 4 is 40.4 Å². The van der Waals surface area contributed by atoms with Crippen molar-refractivity contribution in [1.29, 1.82) is 0 Å². The Kier molecular flexibility index (Phi) is 7.33. The quantitative estimate of drug-likeness (QED) is 0.166. The number of rotatable bonds is 7. The van der Waals surface area contributed by atoms with Gasteiger partial charge in [-0.3, -0.25) is 4.74 Å². The molecule has 0 radical (unpaired) electrons. The molecule has 0 N–H and O–H groups in total. The minimum Gasteiger partial charge on any atom is -0.253 e. The Hall–Kier alpha value is -3.32. The molecule has 5 aromatic carbocycles. The Morgan fingerprint density at radius 3 is 1.51 bits per heavy atom. The fourth-order valence-corrected chi connectivity index (χ4v) is 8.79. The molecule has 0 aliphatic carbocycles. The van der Waals surface area contributed by atoms with Crippen LogP contribution in [0, 0.1) is 6.92 Å². The first-order valence-electron chi connectivity index (χ1n) is 11.8. The molecule has 0 spiro atoms. The van der Waals surface area contributed by atoms with Crippen LogP contribution in [0.15, 0.2) is 149 Å². The highest BCUT2D eigenvalue weighted by Gasteiger charge is 2.27. The first kappa shape index (κ1) is 23.4. The molecule has 0 amide bonds. The Morgan fingerprint density at radius 2 is 1.00 bits per heavy atom. The van der Waals surface area contributed by atoms with Crippen LogP contribution in [0.2, 0.25) is 0 Å². The van der Waals surface area contributed by atoms with E-state index in [9.17, 15) is 0 Å². The zero-order valence-corrected chi connectivity index (χ0v) is 21.5. The number of hydrogen-bond donors (Lipinski definition) is 0. The summed E-state index contributed by atoms with van der Waals surface area (Å²) >= 11 is 1.86. The maximum Gasteiger partial charge on any atom is 0.0761 e. The summed E-state index contributed by atoms with van der Waals surface area (Å²) in [5.74, 6) is 0.917. The second kappa shape index (κ2) is 11.0. The van der Waals surface area contributed by atoms with Crippen LogP contribution in [-0.4, -0.2) is 0 Å². The minimum atomic E-state index is -2.29. The van der Waals surface area contributed by atoms with Crippen LogP contribution in [0.3, 0.4) is 0 Å². The van der Waals surface area contributed by atoms with Crippen molar-refractivity contribution in [2.45, 2.75) is 17.6 Å². The fraction of sp³-hybridized carbons (Fsp3) is 0.0625. The summed E-state index contributed by atoms with van der Waals surface area (Å²) in [5, 5.41) is 3.78. The van der Waals surface area contributed by atoms with Gasteiger partial charge >= 0.3 is 0 Å². The van der Waals surface area contributed by atoms with Gasteiger partial charge in [0.1, 0.15) is 0 Å². The lowest BCUT2D eigenvalue weighted by Crippen LogP contribution is -2.25. The van der Waals surface area contributed by atoms with Crippen LogP contribution in [0.1, 0.15) is 11.1 Å². The topological polar surface area (TPSA) is 12.4 Å². The normalized spacial score (nSPS) is 11.2. The van der Waals surface area contributed by atoms with Crippen molar-refractivity contribution in [2.75, 3.05) is 0 Å². The average molecular weight is 490 g/mol. The van der Waals surface area contributed by atoms with E-state index < -0.39 is 7.05 Å². The molecular formula is C32H28NPS. The van der Waals surface area contributed by atoms with Gasteiger partial charge in [-0.25, -0.2) is 0 Å². The Labute approximate surface area is 213 Å². The summed E-state index contributed by atoms with van der Waals surface area (Å²) < 4.78 is 5.72. The first-order valence-corrected chi connectivity index (χ1v) is 14.5. The van der Waals surface area contributed by atoms with Crippen LogP contribution in [0.5, 0.6) is 0 Å². The summed E-state index contributed by atoms with van der Waals surface area (Å²) in [6, 6.07) is 49.8. The van der Waals surface area contributed by atoms with Gasteiger partial charge in [0.05, 0.1) is 12.7 Å². The van der Waals surface area contributed by atoms with E-state index in [4.69, 9.17) is 4.74 Å². The van der Waals surface area contributed by atoms with Gasteiger partial charge < -0.3 is 0 Å². The lowest BCUT2D eigenvalue weighted by molar-refractivity contribution is 1.34. The van der Waals surface area contributed by atoms with Crippen LogP contribution >= 0.6 is 18.8 Å². The summed E-state index contributed by atoms with van der Waals surface area (Å²) in [6.45, 7) is 2.13. The number of nitrogens with zero attached hydrogens (tertiary/aromatic N) is 1. The van der Waals surface area contributed by atoms with E-state index in [1.807, 2.05) is 11.8 Å². The van der Waals surface area contributed by atoms with Crippen LogP contribution < -0.4 is 15.9 Å². The molecule has 0 saturated heterocycles. The van der Waals surface area contributed by atoms with Crippen molar-refractivity contribution in [2.24, 2.45) is 4.74 Å². The van der Waals surface area contributed by atoms with Gasteiger partial charge in [0.15, 0.2) is 0 Å². The zero-order valence-electron chi connectivity index (χ0n) is 19.8. The van der Waals surface area contributed by atoms with Crippen molar-refractivity contribution in [3.05, 3.63) is 151 Å². The lowest BCUT2D eigenvalue weighted by atomic mass is 10.2. The molecule has 3 heteroatoms. The largest absolute Gasteiger partial charge is 0.253 e. The molecule has 35 heavy (non-hydrogen) atoms. The van der Waals surface area contributed by atoms with Gasteiger partial charge in [-0.05, 0) is 24.6 Å². The van der Waals surface area contributed by atoms with Crippen molar-refractivity contribution in [1.82, 2.24) is 0 Å². The van der Waals surface area contributed by atoms with E-state index in [0.717, 1.165) is 11.4 Å². The molecule has 0 fully saturated rings. The predicted octanol–water partition coefficient (Wildman–Crippen LogP) is 8.10. The zero-order chi connectivity index (χ0) is 23.9. The number of hydrogen-bond acceptors (Lipinski definition) is 2. The Bertz CT molecular complexity index is 1330. The van der Waals surface area contributed by atoms with Gasteiger partial charge in [-0.1, -0.05) is 133 Å². The standard InChI is InChI=1S/C32H28NPS/c1-26-21-23-27(24-22-26)25-35-32-20-12-11-19-31(32)33-34(28-13-5-2-6-14-28,29-15-7-3-8-16-29)30-17-9-4-10-18-30/h2-24H,25H2,1H3. The molecule has 1 nitrogen and oxygen atoms in total. The SMILES string of the molecule is Cc1ccc(CSc2ccccc2N=P(c2ccccc2)(c2ccccc2)c2ccccc2)cc1. The second-order valence-corrected chi connectivity index (χ2v) is 12.5. The summed E-state index contributed by atoms with van der Waals surface area (Å²) in [4.78, 5) is 1.21. The van der Waals surface area contributed by atoms with Crippen molar-refractivity contribution in [3.63, 3.8) is 0 Å². The average Bonchev–Trinajstić information content (AvgIpc) is 2.93. The van der Waals surface area contributed by atoms with Crippen molar-refractivity contribution < 1.29 is 0 Å². The molecular weight excluding hydrogens is 461 g/mol. The second-order valence-electron chi connectivity index (χ2n) is 8.48. The molecule has 172 valence electrons. The van der Waals surface area contributed by atoms with Crippen LogP contribution in [0.4, 0.5) is 5.69 Å². The van der Waals surface area contributed by atoms with Gasteiger partial charge in [-0.15, -0.1) is 11.8 Å². The van der Waals surface area contributed by atoms with Gasteiger partial charge in [-0.2, -0.15) is 0 Å². The summed E-state index contributed by atoms with van der Waals surface area (Å²) in [7, 11) is -2.29. The Morgan fingerprint density at radius 1 is 0.543 bits per heavy atom. The first-order chi connectivity index (χ1) is 17.3. The van der Waals surface area contributed by atoms with Crippen LogP contribution in [-0.2, 0) is 5.75 Å². The van der Waals surface area contributed by atoms with E-state index in [1.54, 1.807) is 0 Å². The van der Waals surface area contributed by atoms with E-state index in [1.165, 1.54) is 31.9 Å². The highest BCUT2D eigenvalue weighted by atomic mass is 32.2. The van der Waals surface area contributed by atoms with Gasteiger partial charge in [0.25, 0.3) is 0 Å². The molecule has 5 rings (SSSR count). The maximum absolute atomic E-state index is 5.72. The third-order valence-corrected chi connectivity index (χ3v) is 10.8. The summed E-state index contributed by atoms with van der Waals surface area (Å²) in [5.41, 5.74) is 3.66. The number of thioether (sulfide) groups is 1. The highest BCUT2D eigenvalue weighted by Crippen LogP contribution is 2.50.